The predicted octanol–water partition coefficient (Wildman–Crippen LogP) is 6.21. The van der Waals surface area contributed by atoms with Crippen LogP contribution in [0.25, 0.3) is 0 Å². The van der Waals surface area contributed by atoms with E-state index in [-0.39, 0.29) is 24.1 Å². The van der Waals surface area contributed by atoms with Crippen LogP contribution in [0.4, 0.5) is 10.5 Å². The van der Waals surface area contributed by atoms with Crippen molar-refractivity contribution in [2.45, 2.75) is 51.0 Å². The standard InChI is InChI=1S/C31H34ClN3O5S/c1-38-28-18-24(40-23-12-14-33(15-13-23)19-25-7-9-29(32)41-25)6-8-26(28)30(36)34-16-10-22(11-17-34)35-27-5-3-2-4-21(27)20-39-31(35)37/h2-9,18,22-23H,10-17,19-20H2,1H3. The maximum absolute atomic E-state index is 13.5. The molecule has 216 valence electrons. The summed E-state index contributed by atoms with van der Waals surface area (Å²) in [6.45, 7) is 4.24. The Morgan fingerprint density at radius 2 is 1.80 bits per heavy atom. The van der Waals surface area contributed by atoms with Gasteiger partial charge in [-0.3, -0.25) is 14.6 Å². The Bertz CT molecular complexity index is 1400. The van der Waals surface area contributed by atoms with E-state index in [2.05, 4.69) is 11.0 Å². The first-order chi connectivity index (χ1) is 20.0. The highest BCUT2D eigenvalue weighted by atomic mass is 35.5. The number of methoxy groups -OCH3 is 1. The quantitative estimate of drug-likeness (QED) is 0.323. The monoisotopic (exact) mass is 595 g/mol. The number of rotatable bonds is 7. The van der Waals surface area contributed by atoms with E-state index in [1.54, 1.807) is 29.4 Å². The summed E-state index contributed by atoms with van der Waals surface area (Å²) < 4.78 is 18.2. The summed E-state index contributed by atoms with van der Waals surface area (Å²) in [6.07, 6.45) is 3.03. The minimum absolute atomic E-state index is 0.0137. The Labute approximate surface area is 249 Å². The largest absolute Gasteiger partial charge is 0.496 e. The number of fused-ring (bicyclic) bond motifs is 1. The molecule has 41 heavy (non-hydrogen) atoms. The molecule has 2 amide bonds. The third kappa shape index (κ3) is 6.17. The average Bonchev–Trinajstić information content (AvgIpc) is 3.42. The second-order valence-corrected chi connectivity index (χ2v) is 12.5. The Balaban J connectivity index is 1.04. The van der Waals surface area contributed by atoms with Crippen molar-refractivity contribution < 1.29 is 23.8 Å². The third-order valence-corrected chi connectivity index (χ3v) is 9.38. The molecule has 1 aromatic heterocycles. The minimum atomic E-state index is -0.316. The molecule has 3 aliphatic rings. The number of halogens is 1. The maximum Gasteiger partial charge on any atom is 0.414 e. The summed E-state index contributed by atoms with van der Waals surface area (Å²) in [4.78, 5) is 33.4. The van der Waals surface area contributed by atoms with Crippen molar-refractivity contribution in [1.29, 1.82) is 0 Å². The summed E-state index contributed by atoms with van der Waals surface area (Å²) in [5.74, 6) is 1.15. The predicted molar refractivity (Wildman–Crippen MR) is 159 cm³/mol. The van der Waals surface area contributed by atoms with Gasteiger partial charge in [-0.25, -0.2) is 4.79 Å². The van der Waals surface area contributed by atoms with Crippen molar-refractivity contribution in [2.75, 3.05) is 38.2 Å². The first-order valence-electron chi connectivity index (χ1n) is 14.1. The molecule has 3 aromatic rings. The highest BCUT2D eigenvalue weighted by molar-refractivity contribution is 7.16. The Morgan fingerprint density at radius 1 is 1.02 bits per heavy atom. The molecule has 6 rings (SSSR count). The van der Waals surface area contributed by atoms with Crippen molar-refractivity contribution in [3.63, 3.8) is 0 Å². The first kappa shape index (κ1) is 27.9. The van der Waals surface area contributed by atoms with Gasteiger partial charge in [-0.05, 0) is 56.0 Å². The van der Waals surface area contributed by atoms with Crippen molar-refractivity contribution in [3.8, 4) is 11.5 Å². The van der Waals surface area contributed by atoms with E-state index < -0.39 is 0 Å². The van der Waals surface area contributed by atoms with E-state index in [1.165, 1.54) is 4.88 Å². The number of anilines is 1. The molecule has 2 fully saturated rings. The van der Waals surface area contributed by atoms with Crippen LogP contribution >= 0.6 is 22.9 Å². The van der Waals surface area contributed by atoms with E-state index >= 15 is 0 Å². The normalized spacial score (nSPS) is 18.6. The van der Waals surface area contributed by atoms with Gasteiger partial charge in [0.1, 0.15) is 24.2 Å². The molecule has 0 saturated carbocycles. The minimum Gasteiger partial charge on any atom is -0.496 e. The van der Waals surface area contributed by atoms with Crippen LogP contribution in [0.15, 0.2) is 54.6 Å². The second-order valence-electron chi connectivity index (χ2n) is 10.7. The second kappa shape index (κ2) is 12.3. The molecule has 0 atom stereocenters. The van der Waals surface area contributed by atoms with Gasteiger partial charge < -0.3 is 19.1 Å². The van der Waals surface area contributed by atoms with Crippen LogP contribution in [-0.2, 0) is 17.9 Å². The lowest BCUT2D eigenvalue weighted by Gasteiger charge is -2.40. The highest BCUT2D eigenvalue weighted by Crippen LogP contribution is 2.33. The molecule has 0 spiro atoms. The fraction of sp³-hybridized carbons (Fsp3) is 0.419. The Morgan fingerprint density at radius 3 is 2.54 bits per heavy atom. The zero-order valence-corrected chi connectivity index (χ0v) is 24.7. The summed E-state index contributed by atoms with van der Waals surface area (Å²) in [5, 5.41) is 0. The molecule has 4 heterocycles. The molecule has 2 aromatic carbocycles. The van der Waals surface area contributed by atoms with Crippen LogP contribution in [0, 0.1) is 0 Å². The summed E-state index contributed by atoms with van der Waals surface area (Å²) in [5.41, 5.74) is 2.43. The maximum atomic E-state index is 13.5. The smallest absolute Gasteiger partial charge is 0.414 e. The van der Waals surface area contributed by atoms with Gasteiger partial charge in [0.15, 0.2) is 0 Å². The molecule has 0 aliphatic carbocycles. The molecule has 0 radical (unpaired) electrons. The molecule has 8 nitrogen and oxygen atoms in total. The molecule has 0 unspecified atom stereocenters. The van der Waals surface area contributed by atoms with Gasteiger partial charge in [-0.1, -0.05) is 29.8 Å². The van der Waals surface area contributed by atoms with Crippen LogP contribution in [-0.4, -0.2) is 67.2 Å². The zero-order chi connectivity index (χ0) is 28.3. The molecular weight excluding hydrogens is 562 g/mol. The molecular formula is C31H34ClN3O5S. The summed E-state index contributed by atoms with van der Waals surface area (Å²) in [7, 11) is 1.58. The Kier molecular flexibility index (Phi) is 8.37. The van der Waals surface area contributed by atoms with Crippen molar-refractivity contribution in [3.05, 3.63) is 74.9 Å². The number of piperidine rings is 2. The van der Waals surface area contributed by atoms with Gasteiger partial charge in [0.2, 0.25) is 0 Å². The van der Waals surface area contributed by atoms with Crippen molar-refractivity contribution in [1.82, 2.24) is 9.80 Å². The van der Waals surface area contributed by atoms with Crippen LogP contribution in [0.3, 0.4) is 0 Å². The number of carbonyl (C=O) groups is 2. The number of amides is 2. The SMILES string of the molecule is COc1cc(OC2CCN(Cc3ccc(Cl)s3)CC2)ccc1C(=O)N1CCC(N2C(=O)OCc3ccccc32)CC1. The van der Waals surface area contributed by atoms with Gasteiger partial charge in [-0.2, -0.15) is 0 Å². The van der Waals surface area contributed by atoms with Crippen LogP contribution < -0.4 is 14.4 Å². The van der Waals surface area contributed by atoms with E-state index in [0.717, 1.165) is 48.1 Å². The first-order valence-corrected chi connectivity index (χ1v) is 15.3. The Hall–Kier alpha value is -3.27. The number of hydrogen-bond donors (Lipinski definition) is 0. The number of thiophene rings is 1. The number of nitrogens with zero attached hydrogens (tertiary/aromatic N) is 3. The number of benzene rings is 2. The van der Waals surface area contributed by atoms with E-state index in [1.807, 2.05) is 47.4 Å². The fourth-order valence-electron chi connectivity index (χ4n) is 5.97. The molecule has 0 bridgehead atoms. The topological polar surface area (TPSA) is 71.6 Å². The average molecular weight is 596 g/mol. The third-order valence-electron chi connectivity index (χ3n) is 8.16. The summed E-state index contributed by atoms with van der Waals surface area (Å²) in [6, 6.07) is 17.4. The van der Waals surface area contributed by atoms with Gasteiger partial charge in [0.25, 0.3) is 5.91 Å². The van der Waals surface area contributed by atoms with E-state index in [9.17, 15) is 9.59 Å². The number of para-hydroxylation sites is 1. The van der Waals surface area contributed by atoms with E-state index in [0.29, 0.717) is 49.6 Å². The highest BCUT2D eigenvalue weighted by Gasteiger charge is 2.35. The number of likely N-dealkylation sites (tertiary alicyclic amines) is 2. The van der Waals surface area contributed by atoms with Crippen LogP contribution in [0.1, 0.15) is 46.5 Å². The number of carbonyl (C=O) groups excluding carboxylic acids is 2. The molecule has 2 saturated heterocycles. The molecule has 3 aliphatic heterocycles. The zero-order valence-electron chi connectivity index (χ0n) is 23.1. The van der Waals surface area contributed by atoms with Gasteiger partial charge in [0, 0.05) is 55.3 Å². The molecule has 10 heteroatoms. The van der Waals surface area contributed by atoms with Crippen molar-refractivity contribution >= 4 is 40.6 Å². The number of cyclic esters (lactones) is 1. The van der Waals surface area contributed by atoms with Crippen LogP contribution in [0.5, 0.6) is 11.5 Å². The van der Waals surface area contributed by atoms with Crippen LogP contribution in [0.2, 0.25) is 4.34 Å². The van der Waals surface area contributed by atoms with Gasteiger partial charge >= 0.3 is 6.09 Å². The van der Waals surface area contributed by atoms with Crippen molar-refractivity contribution in [2.24, 2.45) is 0 Å². The lowest BCUT2D eigenvalue weighted by atomic mass is 10.00. The van der Waals surface area contributed by atoms with Gasteiger partial charge in [0.05, 0.1) is 22.7 Å². The molecule has 0 N–H and O–H groups in total. The van der Waals surface area contributed by atoms with E-state index in [4.69, 9.17) is 25.8 Å². The fourth-order valence-corrected chi connectivity index (χ4v) is 7.10. The lowest BCUT2D eigenvalue weighted by molar-refractivity contribution is 0.0705. The number of hydrogen-bond acceptors (Lipinski definition) is 7. The number of ether oxygens (including phenoxy) is 3. The lowest BCUT2D eigenvalue weighted by Crippen LogP contribution is -2.50. The summed E-state index contributed by atoms with van der Waals surface area (Å²) >= 11 is 7.71. The van der Waals surface area contributed by atoms with Gasteiger partial charge in [-0.15, -0.1) is 11.3 Å².